The first kappa shape index (κ1) is 14.3. The highest BCUT2D eigenvalue weighted by atomic mass is 16.5. The molecule has 0 saturated heterocycles. The van der Waals surface area contributed by atoms with E-state index in [1.807, 2.05) is 32.0 Å². The van der Waals surface area contributed by atoms with Crippen molar-refractivity contribution in [2.45, 2.75) is 52.6 Å². The summed E-state index contributed by atoms with van der Waals surface area (Å²) >= 11 is 0. The minimum atomic E-state index is 0.110. The number of aryl methyl sites for hydroxylation is 2. The summed E-state index contributed by atoms with van der Waals surface area (Å²) in [4.78, 5) is 12.2. The van der Waals surface area contributed by atoms with Crippen LogP contribution in [0.15, 0.2) is 18.2 Å². The summed E-state index contributed by atoms with van der Waals surface area (Å²) < 4.78 is 5.86. The molecule has 1 aromatic carbocycles. The second kappa shape index (κ2) is 6.33. The fraction of sp³-hybridized carbons (Fsp3) is 0.588. The molecule has 0 amide bonds. The number of Topliss-reactive ketones (excluding diaryl/α,β-unsaturated/α-hetero) is 1. The molecular formula is C17H24O2. The number of benzene rings is 1. The first-order chi connectivity index (χ1) is 9.08. The van der Waals surface area contributed by atoms with Gasteiger partial charge < -0.3 is 4.74 Å². The lowest BCUT2D eigenvalue weighted by atomic mass is 9.88. The van der Waals surface area contributed by atoms with Crippen LogP contribution in [0.3, 0.4) is 0 Å². The first-order valence-electron chi connectivity index (χ1n) is 7.30. The summed E-state index contributed by atoms with van der Waals surface area (Å²) in [5.74, 6) is 0.694. The molecule has 0 aromatic heterocycles. The van der Waals surface area contributed by atoms with Gasteiger partial charge in [0.15, 0.2) is 5.78 Å². The van der Waals surface area contributed by atoms with Gasteiger partial charge in [0.25, 0.3) is 0 Å². The standard InChI is InChI=1S/C17H24O2/c1-12-8-9-13(2)15(10-12)16(18)11-19-17-7-5-4-6-14(17)3/h8-10,14,17H,4-7,11H2,1-3H3. The average Bonchev–Trinajstić information content (AvgIpc) is 2.40. The predicted octanol–water partition coefficient (Wildman–Crippen LogP) is 4.08. The molecule has 0 bridgehead atoms. The molecule has 2 rings (SSSR count). The highest BCUT2D eigenvalue weighted by molar-refractivity contribution is 5.98. The van der Waals surface area contributed by atoms with Gasteiger partial charge in [0.1, 0.15) is 6.61 Å². The fourth-order valence-electron chi connectivity index (χ4n) is 2.83. The molecule has 19 heavy (non-hydrogen) atoms. The highest BCUT2D eigenvalue weighted by Gasteiger charge is 2.23. The van der Waals surface area contributed by atoms with Crippen LogP contribution in [0.2, 0.25) is 0 Å². The van der Waals surface area contributed by atoms with Gasteiger partial charge in [-0.1, -0.05) is 37.5 Å². The van der Waals surface area contributed by atoms with Crippen molar-refractivity contribution in [2.75, 3.05) is 6.61 Å². The van der Waals surface area contributed by atoms with Gasteiger partial charge in [0.2, 0.25) is 0 Å². The average molecular weight is 260 g/mol. The van der Waals surface area contributed by atoms with Crippen LogP contribution in [0.1, 0.15) is 54.1 Å². The molecule has 0 aliphatic heterocycles. The van der Waals surface area contributed by atoms with Crippen molar-refractivity contribution >= 4 is 5.78 Å². The summed E-state index contributed by atoms with van der Waals surface area (Å²) in [5, 5.41) is 0. The molecule has 0 radical (unpaired) electrons. The van der Waals surface area contributed by atoms with E-state index in [4.69, 9.17) is 4.74 Å². The van der Waals surface area contributed by atoms with E-state index in [0.29, 0.717) is 5.92 Å². The lowest BCUT2D eigenvalue weighted by molar-refractivity contribution is 0.000724. The summed E-state index contributed by atoms with van der Waals surface area (Å²) in [5.41, 5.74) is 2.97. The first-order valence-corrected chi connectivity index (χ1v) is 7.30. The van der Waals surface area contributed by atoms with Crippen LogP contribution in [0.25, 0.3) is 0 Å². The minimum absolute atomic E-state index is 0.110. The number of hydrogen-bond acceptors (Lipinski definition) is 2. The molecular weight excluding hydrogens is 236 g/mol. The Hall–Kier alpha value is -1.15. The van der Waals surface area contributed by atoms with Crippen LogP contribution in [-0.4, -0.2) is 18.5 Å². The molecule has 0 N–H and O–H groups in total. The molecule has 2 nitrogen and oxygen atoms in total. The zero-order valence-electron chi connectivity index (χ0n) is 12.2. The number of hydrogen-bond donors (Lipinski definition) is 0. The maximum atomic E-state index is 12.2. The maximum Gasteiger partial charge on any atom is 0.188 e. The number of carbonyl (C=O) groups is 1. The van der Waals surface area contributed by atoms with Crippen LogP contribution >= 0.6 is 0 Å². The third kappa shape index (κ3) is 3.66. The molecule has 104 valence electrons. The van der Waals surface area contributed by atoms with Crippen molar-refractivity contribution in [3.63, 3.8) is 0 Å². The van der Waals surface area contributed by atoms with Crippen LogP contribution in [0.4, 0.5) is 0 Å². The van der Waals surface area contributed by atoms with E-state index in [-0.39, 0.29) is 18.5 Å². The topological polar surface area (TPSA) is 26.3 Å². The summed E-state index contributed by atoms with van der Waals surface area (Å²) in [6.07, 6.45) is 5.12. The Morgan fingerprint density at radius 2 is 2.00 bits per heavy atom. The molecule has 1 saturated carbocycles. The predicted molar refractivity (Wildman–Crippen MR) is 77.6 cm³/mol. The molecule has 1 aliphatic rings. The second-order valence-corrected chi connectivity index (χ2v) is 5.85. The van der Waals surface area contributed by atoms with Crippen LogP contribution < -0.4 is 0 Å². The normalized spacial score (nSPS) is 23.3. The van der Waals surface area contributed by atoms with Crippen LogP contribution in [0.5, 0.6) is 0 Å². The number of rotatable bonds is 4. The lowest BCUT2D eigenvalue weighted by Gasteiger charge is -2.28. The van der Waals surface area contributed by atoms with E-state index in [0.717, 1.165) is 23.1 Å². The monoisotopic (exact) mass is 260 g/mol. The Labute approximate surface area is 116 Å². The van der Waals surface area contributed by atoms with Gasteiger partial charge in [-0.25, -0.2) is 0 Å². The molecule has 1 fully saturated rings. The lowest BCUT2D eigenvalue weighted by Crippen LogP contribution is -2.28. The molecule has 2 heteroatoms. The quantitative estimate of drug-likeness (QED) is 0.762. The van der Waals surface area contributed by atoms with Gasteiger partial charge in [-0.15, -0.1) is 0 Å². The van der Waals surface area contributed by atoms with E-state index in [9.17, 15) is 4.79 Å². The Morgan fingerprint density at radius 3 is 2.74 bits per heavy atom. The molecule has 1 aromatic rings. The van der Waals surface area contributed by atoms with Crippen LogP contribution in [0, 0.1) is 19.8 Å². The number of carbonyl (C=O) groups excluding carboxylic acids is 1. The van der Waals surface area contributed by atoms with Crippen molar-refractivity contribution in [2.24, 2.45) is 5.92 Å². The second-order valence-electron chi connectivity index (χ2n) is 5.85. The molecule has 2 unspecified atom stereocenters. The van der Waals surface area contributed by atoms with Gasteiger partial charge >= 0.3 is 0 Å². The van der Waals surface area contributed by atoms with E-state index in [1.54, 1.807) is 0 Å². The highest BCUT2D eigenvalue weighted by Crippen LogP contribution is 2.26. The SMILES string of the molecule is Cc1ccc(C)c(C(=O)COC2CCCCC2C)c1. The van der Waals surface area contributed by atoms with Crippen LogP contribution in [-0.2, 0) is 4.74 Å². The van der Waals surface area contributed by atoms with Gasteiger partial charge in [0.05, 0.1) is 6.10 Å². The third-order valence-electron chi connectivity index (χ3n) is 4.15. The van der Waals surface area contributed by atoms with E-state index in [2.05, 4.69) is 6.92 Å². The Bertz CT molecular complexity index is 451. The Morgan fingerprint density at radius 1 is 1.26 bits per heavy atom. The fourth-order valence-corrected chi connectivity index (χ4v) is 2.83. The summed E-state index contributed by atoms with van der Waals surface area (Å²) in [6, 6.07) is 6.01. The van der Waals surface area contributed by atoms with Gasteiger partial charge in [-0.05, 0) is 44.2 Å². The Balaban J connectivity index is 1.95. The smallest absolute Gasteiger partial charge is 0.188 e. The summed E-state index contributed by atoms with van der Waals surface area (Å²) in [7, 11) is 0. The maximum absolute atomic E-state index is 12.2. The molecule has 1 aliphatic carbocycles. The van der Waals surface area contributed by atoms with Crippen molar-refractivity contribution < 1.29 is 9.53 Å². The largest absolute Gasteiger partial charge is 0.370 e. The zero-order chi connectivity index (χ0) is 13.8. The number of ether oxygens (including phenoxy) is 1. The van der Waals surface area contributed by atoms with Gasteiger partial charge in [-0.3, -0.25) is 4.79 Å². The van der Waals surface area contributed by atoms with Gasteiger partial charge in [-0.2, -0.15) is 0 Å². The summed E-state index contributed by atoms with van der Waals surface area (Å²) in [6.45, 7) is 6.45. The van der Waals surface area contributed by atoms with Crippen molar-refractivity contribution in [3.8, 4) is 0 Å². The number of ketones is 1. The van der Waals surface area contributed by atoms with Gasteiger partial charge in [0, 0.05) is 5.56 Å². The van der Waals surface area contributed by atoms with E-state index in [1.165, 1.54) is 19.3 Å². The molecule has 0 spiro atoms. The van der Waals surface area contributed by atoms with E-state index >= 15 is 0 Å². The van der Waals surface area contributed by atoms with Crippen molar-refractivity contribution in [1.29, 1.82) is 0 Å². The van der Waals surface area contributed by atoms with E-state index < -0.39 is 0 Å². The zero-order valence-corrected chi connectivity index (χ0v) is 12.2. The molecule has 0 heterocycles. The van der Waals surface area contributed by atoms with Crippen molar-refractivity contribution in [1.82, 2.24) is 0 Å². The minimum Gasteiger partial charge on any atom is -0.370 e. The van der Waals surface area contributed by atoms with Crippen molar-refractivity contribution in [3.05, 3.63) is 34.9 Å². The Kier molecular flexibility index (Phi) is 4.76. The third-order valence-corrected chi connectivity index (χ3v) is 4.15. The molecule has 2 atom stereocenters.